The second kappa shape index (κ2) is 10.6. The van der Waals surface area contributed by atoms with Gasteiger partial charge in [0.25, 0.3) is 0 Å². The third-order valence-electron chi connectivity index (χ3n) is 2.53. The maximum atomic E-state index is 11.7. The Kier molecular flexibility index (Phi) is 10.0. The van der Waals surface area contributed by atoms with Crippen molar-refractivity contribution in [2.75, 3.05) is 26.4 Å². The van der Waals surface area contributed by atoms with Gasteiger partial charge in [-0.25, -0.2) is 0 Å². The molecule has 0 bridgehead atoms. The largest absolute Gasteiger partial charge is 0.462 e. The highest BCUT2D eigenvalue weighted by Gasteiger charge is 2.25. The van der Waals surface area contributed by atoms with Crippen LogP contribution in [-0.4, -0.2) is 50.6 Å². The van der Waals surface area contributed by atoms with Crippen molar-refractivity contribution in [3.8, 4) is 0 Å². The summed E-state index contributed by atoms with van der Waals surface area (Å²) in [6.45, 7) is 10.1. The van der Waals surface area contributed by atoms with Gasteiger partial charge in [-0.3, -0.25) is 9.59 Å². The summed E-state index contributed by atoms with van der Waals surface area (Å²) in [5.41, 5.74) is 0. The lowest BCUT2D eigenvalue weighted by atomic mass is 10.2. The van der Waals surface area contributed by atoms with Crippen molar-refractivity contribution in [1.82, 2.24) is 0 Å². The first-order valence-electron chi connectivity index (χ1n) is 6.98. The Morgan fingerprint density at radius 2 is 1.15 bits per heavy atom. The van der Waals surface area contributed by atoms with Crippen molar-refractivity contribution >= 4 is 11.9 Å². The molecule has 0 aromatic carbocycles. The fourth-order valence-corrected chi connectivity index (χ4v) is 1.41. The normalized spacial score (nSPS) is 15.2. The first kappa shape index (κ1) is 18.9. The van der Waals surface area contributed by atoms with Gasteiger partial charge in [0, 0.05) is 13.2 Å². The molecule has 0 saturated carbocycles. The van der Waals surface area contributed by atoms with E-state index in [9.17, 15) is 9.59 Å². The van der Waals surface area contributed by atoms with Crippen LogP contribution in [0, 0.1) is 5.92 Å². The van der Waals surface area contributed by atoms with Gasteiger partial charge in [0.1, 0.15) is 13.2 Å². The second-order valence-corrected chi connectivity index (χ2v) is 4.51. The number of hydrogen-bond acceptors (Lipinski definition) is 6. The van der Waals surface area contributed by atoms with Crippen molar-refractivity contribution in [2.45, 2.75) is 46.8 Å². The molecule has 0 saturated heterocycles. The fraction of sp³-hybridized carbons (Fsp3) is 0.857. The number of esters is 2. The molecule has 0 heterocycles. The number of carbonyl (C=O) groups is 2. The third kappa shape index (κ3) is 8.12. The van der Waals surface area contributed by atoms with E-state index in [1.54, 1.807) is 13.8 Å². The van der Waals surface area contributed by atoms with E-state index in [1.807, 2.05) is 13.8 Å². The zero-order valence-electron chi connectivity index (χ0n) is 13.0. The van der Waals surface area contributed by atoms with Gasteiger partial charge in [-0.05, 0) is 34.6 Å². The van der Waals surface area contributed by atoms with Crippen molar-refractivity contribution in [2.24, 2.45) is 5.92 Å². The van der Waals surface area contributed by atoms with E-state index in [2.05, 4.69) is 0 Å². The minimum atomic E-state index is -0.947. The Balaban J connectivity index is 4.00. The molecular formula is C14H26O6. The second-order valence-electron chi connectivity index (χ2n) is 4.51. The minimum Gasteiger partial charge on any atom is -0.462 e. The van der Waals surface area contributed by atoms with E-state index in [1.165, 1.54) is 6.92 Å². The highest BCUT2D eigenvalue weighted by molar-refractivity contribution is 5.94. The van der Waals surface area contributed by atoms with E-state index in [0.717, 1.165) is 0 Å². The summed E-state index contributed by atoms with van der Waals surface area (Å²) in [4.78, 5) is 23.3. The summed E-state index contributed by atoms with van der Waals surface area (Å²) in [7, 11) is 0. The van der Waals surface area contributed by atoms with Crippen LogP contribution in [0.2, 0.25) is 0 Å². The molecule has 0 N–H and O–H groups in total. The predicted molar refractivity (Wildman–Crippen MR) is 73.3 cm³/mol. The van der Waals surface area contributed by atoms with Crippen LogP contribution in [0.4, 0.5) is 0 Å². The van der Waals surface area contributed by atoms with Crippen molar-refractivity contribution < 1.29 is 28.5 Å². The summed E-state index contributed by atoms with van der Waals surface area (Å²) < 4.78 is 20.5. The highest BCUT2D eigenvalue weighted by atomic mass is 16.6. The lowest BCUT2D eigenvalue weighted by Crippen LogP contribution is -2.30. The lowest BCUT2D eigenvalue weighted by Gasteiger charge is -2.16. The maximum Gasteiger partial charge on any atom is 0.320 e. The molecule has 0 aliphatic rings. The SMILES string of the molecule is CCOC(C)COC(=O)C(C)C(=O)OCC(C)OCC. The number of rotatable bonds is 10. The van der Waals surface area contributed by atoms with E-state index in [4.69, 9.17) is 18.9 Å². The van der Waals surface area contributed by atoms with Gasteiger partial charge < -0.3 is 18.9 Å². The molecule has 0 fully saturated rings. The van der Waals surface area contributed by atoms with E-state index in [-0.39, 0.29) is 25.4 Å². The first-order chi connectivity index (χ1) is 9.42. The van der Waals surface area contributed by atoms with Crippen LogP contribution in [-0.2, 0) is 28.5 Å². The molecule has 0 aromatic heterocycles. The molecule has 0 amide bonds. The van der Waals surface area contributed by atoms with Crippen LogP contribution in [0.5, 0.6) is 0 Å². The average Bonchev–Trinajstić information content (AvgIpc) is 2.42. The smallest absolute Gasteiger partial charge is 0.320 e. The summed E-state index contributed by atoms with van der Waals surface area (Å²) in [6, 6.07) is 0. The summed E-state index contributed by atoms with van der Waals surface area (Å²) in [6.07, 6.45) is -0.379. The monoisotopic (exact) mass is 290 g/mol. The molecule has 0 aromatic rings. The fourth-order valence-electron chi connectivity index (χ4n) is 1.41. The summed E-state index contributed by atoms with van der Waals surface area (Å²) in [5, 5.41) is 0. The molecule has 2 atom stereocenters. The van der Waals surface area contributed by atoms with E-state index >= 15 is 0 Å². The number of ether oxygens (including phenoxy) is 4. The molecule has 118 valence electrons. The van der Waals surface area contributed by atoms with Gasteiger partial charge in [0.15, 0.2) is 5.92 Å². The van der Waals surface area contributed by atoms with Crippen molar-refractivity contribution in [3.63, 3.8) is 0 Å². The predicted octanol–water partition coefficient (Wildman–Crippen LogP) is 1.56. The Morgan fingerprint density at radius 1 is 0.800 bits per heavy atom. The Labute approximate surface area is 120 Å². The first-order valence-corrected chi connectivity index (χ1v) is 6.98. The van der Waals surface area contributed by atoms with Crippen molar-refractivity contribution in [1.29, 1.82) is 0 Å². The van der Waals surface area contributed by atoms with Gasteiger partial charge in [-0.1, -0.05) is 0 Å². The Bertz CT molecular complexity index is 263. The molecule has 6 nitrogen and oxygen atoms in total. The van der Waals surface area contributed by atoms with Gasteiger partial charge in [-0.2, -0.15) is 0 Å². The van der Waals surface area contributed by atoms with Gasteiger partial charge in [0.2, 0.25) is 0 Å². The number of hydrogen-bond donors (Lipinski definition) is 0. The topological polar surface area (TPSA) is 71.1 Å². The maximum absolute atomic E-state index is 11.7. The third-order valence-corrected chi connectivity index (χ3v) is 2.53. The Morgan fingerprint density at radius 3 is 1.45 bits per heavy atom. The van der Waals surface area contributed by atoms with Crippen LogP contribution in [0.1, 0.15) is 34.6 Å². The standard InChI is InChI=1S/C14H26O6/c1-6-17-10(3)8-19-13(15)12(5)14(16)20-9-11(4)18-7-2/h10-12H,6-9H2,1-5H3. The summed E-state index contributed by atoms with van der Waals surface area (Å²) in [5.74, 6) is -2.16. The number of carbonyl (C=O) groups excluding carboxylic acids is 2. The molecule has 0 aliphatic heterocycles. The molecule has 0 radical (unpaired) electrons. The molecule has 6 heteroatoms. The van der Waals surface area contributed by atoms with Gasteiger partial charge in [0.05, 0.1) is 12.2 Å². The van der Waals surface area contributed by atoms with Crippen LogP contribution in [0.25, 0.3) is 0 Å². The van der Waals surface area contributed by atoms with Crippen molar-refractivity contribution in [3.05, 3.63) is 0 Å². The minimum absolute atomic E-state index is 0.125. The molecule has 20 heavy (non-hydrogen) atoms. The van der Waals surface area contributed by atoms with E-state index < -0.39 is 17.9 Å². The lowest BCUT2D eigenvalue weighted by molar-refractivity contribution is -0.165. The quantitative estimate of drug-likeness (QED) is 0.449. The molecule has 0 rings (SSSR count). The molecule has 2 unspecified atom stereocenters. The average molecular weight is 290 g/mol. The highest BCUT2D eigenvalue weighted by Crippen LogP contribution is 2.05. The van der Waals surface area contributed by atoms with Crippen LogP contribution in [0.15, 0.2) is 0 Å². The van der Waals surface area contributed by atoms with Gasteiger partial charge >= 0.3 is 11.9 Å². The Hall–Kier alpha value is -1.14. The van der Waals surface area contributed by atoms with E-state index in [0.29, 0.717) is 13.2 Å². The van der Waals surface area contributed by atoms with Crippen LogP contribution < -0.4 is 0 Å². The summed E-state index contributed by atoms with van der Waals surface area (Å²) >= 11 is 0. The molecular weight excluding hydrogens is 264 g/mol. The zero-order chi connectivity index (χ0) is 15.5. The van der Waals surface area contributed by atoms with Crippen LogP contribution in [0.3, 0.4) is 0 Å². The zero-order valence-corrected chi connectivity index (χ0v) is 13.0. The molecule has 0 spiro atoms. The van der Waals surface area contributed by atoms with Crippen LogP contribution >= 0.6 is 0 Å². The molecule has 0 aliphatic carbocycles. The van der Waals surface area contributed by atoms with Gasteiger partial charge in [-0.15, -0.1) is 0 Å².